The van der Waals surface area contributed by atoms with Crippen LogP contribution < -0.4 is 5.56 Å². The van der Waals surface area contributed by atoms with E-state index in [1.54, 1.807) is 23.1 Å². The van der Waals surface area contributed by atoms with E-state index in [1.807, 2.05) is 11.0 Å². The summed E-state index contributed by atoms with van der Waals surface area (Å²) in [7, 11) is 0. The Balaban J connectivity index is 1.22. The van der Waals surface area contributed by atoms with E-state index in [4.69, 9.17) is 11.6 Å². The molecule has 1 saturated heterocycles. The van der Waals surface area contributed by atoms with Crippen LogP contribution in [0.4, 0.5) is 4.39 Å². The van der Waals surface area contributed by atoms with Crippen molar-refractivity contribution >= 4 is 61.2 Å². The lowest BCUT2D eigenvalue weighted by Gasteiger charge is -2.34. The number of halogens is 3. The summed E-state index contributed by atoms with van der Waals surface area (Å²) in [4.78, 5) is 46.9. The third-order valence-electron chi connectivity index (χ3n) is 8.65. The maximum absolute atomic E-state index is 14.4. The van der Waals surface area contributed by atoms with Gasteiger partial charge in [0.25, 0.3) is 5.56 Å². The van der Waals surface area contributed by atoms with Crippen LogP contribution in [0.25, 0.3) is 21.8 Å². The van der Waals surface area contributed by atoms with Gasteiger partial charge >= 0.3 is 0 Å². The molecule has 2 amide bonds. The first-order chi connectivity index (χ1) is 20.4. The van der Waals surface area contributed by atoms with Crippen molar-refractivity contribution in [3.63, 3.8) is 0 Å². The summed E-state index contributed by atoms with van der Waals surface area (Å²) >= 11 is 10.2. The molecule has 2 N–H and O–H groups in total. The molecule has 6 rings (SSSR count). The van der Waals surface area contributed by atoms with Crippen molar-refractivity contribution in [2.75, 3.05) is 19.6 Å². The molecular weight excluding hydrogens is 637 g/mol. The Labute approximate surface area is 262 Å². The Morgan fingerprint density at radius 2 is 1.93 bits per heavy atom. The predicted octanol–water partition coefficient (Wildman–Crippen LogP) is 6.30. The van der Waals surface area contributed by atoms with E-state index in [2.05, 4.69) is 51.9 Å². The summed E-state index contributed by atoms with van der Waals surface area (Å²) in [6, 6.07) is 8.17. The molecule has 0 spiro atoms. The number of fused-ring (bicyclic) bond motifs is 4. The average Bonchev–Trinajstić information content (AvgIpc) is 3.29. The van der Waals surface area contributed by atoms with Crippen LogP contribution in [0.2, 0.25) is 5.02 Å². The van der Waals surface area contributed by atoms with E-state index >= 15 is 0 Å². The smallest absolute Gasteiger partial charge is 0.251 e. The molecule has 0 saturated carbocycles. The van der Waals surface area contributed by atoms with Gasteiger partial charge in [0, 0.05) is 48.9 Å². The van der Waals surface area contributed by atoms with Crippen molar-refractivity contribution in [2.45, 2.75) is 58.9 Å². The topological polar surface area (TPSA) is 102 Å². The van der Waals surface area contributed by atoms with Gasteiger partial charge in [-0.25, -0.2) is 4.39 Å². The molecule has 11 heteroatoms. The van der Waals surface area contributed by atoms with Gasteiger partial charge in [-0.05, 0) is 81.9 Å². The molecule has 2 aromatic heterocycles. The number of aromatic nitrogens is 3. The molecule has 43 heavy (non-hydrogen) atoms. The lowest BCUT2D eigenvalue weighted by atomic mass is 9.88. The van der Waals surface area contributed by atoms with Crippen molar-refractivity contribution in [3.05, 3.63) is 72.8 Å². The number of hydrogen-bond acceptors (Lipinski definition) is 4. The second-order valence-corrected chi connectivity index (χ2v) is 14.2. The number of carbonyl (C=O) groups is 2. The predicted molar refractivity (Wildman–Crippen MR) is 169 cm³/mol. The highest BCUT2D eigenvalue weighted by atomic mass is 79.9. The number of aromatic amines is 2. The van der Waals surface area contributed by atoms with Gasteiger partial charge in [0.1, 0.15) is 15.9 Å². The lowest BCUT2D eigenvalue weighted by Crippen LogP contribution is -2.43. The van der Waals surface area contributed by atoms with Crippen LogP contribution in [0.1, 0.15) is 62.6 Å². The van der Waals surface area contributed by atoms with Crippen LogP contribution in [0, 0.1) is 17.2 Å². The number of rotatable bonds is 4. The number of H-pyrrole nitrogens is 2. The lowest BCUT2D eigenvalue weighted by molar-refractivity contribution is -0.142. The number of hydrogen-bond donors (Lipinski definition) is 2. The van der Waals surface area contributed by atoms with Crippen molar-refractivity contribution < 1.29 is 14.0 Å². The van der Waals surface area contributed by atoms with Gasteiger partial charge in [-0.1, -0.05) is 38.4 Å². The van der Waals surface area contributed by atoms with Crippen molar-refractivity contribution in [2.24, 2.45) is 11.3 Å². The first-order valence-electron chi connectivity index (χ1n) is 14.6. The Morgan fingerprint density at radius 3 is 2.65 bits per heavy atom. The Bertz CT molecular complexity index is 1800. The molecule has 0 aliphatic carbocycles. The minimum absolute atomic E-state index is 0.0389. The summed E-state index contributed by atoms with van der Waals surface area (Å²) in [5.41, 5.74) is 3.25. The summed E-state index contributed by atoms with van der Waals surface area (Å²) in [6.45, 7) is 8.17. The molecule has 4 aromatic rings. The van der Waals surface area contributed by atoms with E-state index in [0.717, 1.165) is 21.1 Å². The highest BCUT2D eigenvalue weighted by Gasteiger charge is 2.36. The van der Waals surface area contributed by atoms with Crippen molar-refractivity contribution in [3.8, 4) is 0 Å². The van der Waals surface area contributed by atoms with Gasteiger partial charge < -0.3 is 14.8 Å². The van der Waals surface area contributed by atoms with Crippen molar-refractivity contribution in [1.82, 2.24) is 25.0 Å². The first kappa shape index (κ1) is 29.8. The van der Waals surface area contributed by atoms with Crippen LogP contribution >= 0.6 is 27.5 Å². The Hall–Kier alpha value is -3.24. The van der Waals surface area contributed by atoms with E-state index < -0.39 is 5.92 Å². The van der Waals surface area contributed by atoms with Crippen LogP contribution in [0.5, 0.6) is 0 Å². The fourth-order valence-corrected chi connectivity index (χ4v) is 7.42. The van der Waals surface area contributed by atoms with Crippen LogP contribution in [-0.2, 0) is 22.6 Å². The normalized spacial score (nSPS) is 18.4. The fraction of sp³-hybridized carbons (Fsp3) is 0.438. The van der Waals surface area contributed by atoms with Gasteiger partial charge in [-0.2, -0.15) is 5.10 Å². The number of benzene rings is 2. The zero-order valence-corrected chi connectivity index (χ0v) is 26.7. The summed E-state index contributed by atoms with van der Waals surface area (Å²) in [6.07, 6.45) is 1.68. The van der Waals surface area contributed by atoms with E-state index in [0.29, 0.717) is 72.4 Å². The molecular formula is C32H34BrClFN5O3. The molecule has 226 valence electrons. The first-order valence-corrected chi connectivity index (χ1v) is 15.8. The molecule has 4 heterocycles. The second kappa shape index (κ2) is 11.4. The van der Waals surface area contributed by atoms with Gasteiger partial charge in [0.15, 0.2) is 0 Å². The minimum atomic E-state index is -0.528. The summed E-state index contributed by atoms with van der Waals surface area (Å²) in [5, 5.41) is 9.07. The molecule has 2 aromatic carbocycles. The standard InChI is InChI=1S/C32H34BrClFN5O3/c1-32(2,3)16-40-15-22-18(12-23(34)28-27(22)29(33)38-37-28)11-19(31(40)43)13-26(41)39-9-7-17(8-10-39)20-14-21-24(35)5-4-6-25(21)36-30(20)42/h4-6,12,14,17,19H,7-11,13,15-16H2,1-3H3,(H,36,42)(H,37,38)/t19-/m0/s1. The molecule has 1 atom stereocenters. The zero-order chi connectivity index (χ0) is 30.6. The van der Waals surface area contributed by atoms with Crippen LogP contribution in [0.3, 0.4) is 0 Å². The Kier molecular flexibility index (Phi) is 7.87. The highest BCUT2D eigenvalue weighted by Crippen LogP contribution is 2.38. The zero-order valence-electron chi connectivity index (χ0n) is 24.4. The average molecular weight is 671 g/mol. The van der Waals surface area contributed by atoms with Gasteiger partial charge in [0.2, 0.25) is 11.8 Å². The molecule has 8 nitrogen and oxygen atoms in total. The quantitative estimate of drug-likeness (QED) is 0.266. The van der Waals surface area contributed by atoms with Gasteiger partial charge in [-0.15, -0.1) is 0 Å². The number of piperidine rings is 1. The van der Waals surface area contributed by atoms with E-state index in [-0.39, 0.29) is 40.9 Å². The number of carbonyl (C=O) groups excluding carboxylic acids is 2. The third kappa shape index (κ3) is 5.83. The highest BCUT2D eigenvalue weighted by molar-refractivity contribution is 9.10. The van der Waals surface area contributed by atoms with Crippen LogP contribution in [-0.4, -0.2) is 56.4 Å². The maximum Gasteiger partial charge on any atom is 0.251 e. The summed E-state index contributed by atoms with van der Waals surface area (Å²) in [5.74, 6) is -1.10. The SMILES string of the molecule is CC(C)(C)CN1Cc2c(cc(Cl)c3n[nH]c(Br)c23)C[C@@H](CC(=O)N2CCC(c3cc4c(F)cccc4[nH]c3=O)CC2)C1=O. The summed E-state index contributed by atoms with van der Waals surface area (Å²) < 4.78 is 15.1. The molecule has 2 aliphatic rings. The largest absolute Gasteiger partial charge is 0.343 e. The number of nitrogens with one attached hydrogen (secondary N) is 2. The molecule has 0 bridgehead atoms. The van der Waals surface area contributed by atoms with E-state index in [9.17, 15) is 18.8 Å². The molecule has 0 unspecified atom stereocenters. The second-order valence-electron chi connectivity index (χ2n) is 13.0. The number of likely N-dealkylation sites (tertiary alicyclic amines) is 1. The maximum atomic E-state index is 14.4. The fourth-order valence-electron chi connectivity index (χ4n) is 6.64. The number of pyridine rings is 1. The van der Waals surface area contributed by atoms with Gasteiger partial charge in [-0.3, -0.25) is 19.5 Å². The number of amides is 2. The molecule has 2 aliphatic heterocycles. The number of nitrogens with zero attached hydrogens (tertiary/aromatic N) is 3. The monoisotopic (exact) mass is 669 g/mol. The molecule has 1 fully saturated rings. The molecule has 0 radical (unpaired) electrons. The Morgan fingerprint density at radius 1 is 1.19 bits per heavy atom. The van der Waals surface area contributed by atoms with E-state index in [1.165, 1.54) is 6.07 Å². The van der Waals surface area contributed by atoms with Gasteiger partial charge in [0.05, 0.1) is 16.5 Å². The third-order valence-corrected chi connectivity index (χ3v) is 9.51. The van der Waals surface area contributed by atoms with Crippen molar-refractivity contribution in [1.29, 1.82) is 0 Å². The van der Waals surface area contributed by atoms with Crippen LogP contribution in [0.15, 0.2) is 39.7 Å². The minimum Gasteiger partial charge on any atom is -0.343 e.